The number of thiazole rings is 1. The minimum absolute atomic E-state index is 0.678. The van der Waals surface area contributed by atoms with Crippen molar-refractivity contribution in [2.24, 2.45) is 10.7 Å². The van der Waals surface area contributed by atoms with E-state index in [1.165, 1.54) is 4.70 Å². The van der Waals surface area contributed by atoms with Crippen molar-refractivity contribution in [3.05, 3.63) is 41.0 Å². The van der Waals surface area contributed by atoms with Gasteiger partial charge in [0.1, 0.15) is 10.7 Å². The fourth-order valence-electron chi connectivity index (χ4n) is 1.59. The van der Waals surface area contributed by atoms with Crippen molar-refractivity contribution < 1.29 is 0 Å². The summed E-state index contributed by atoms with van der Waals surface area (Å²) < 4.78 is 1.18. The molecule has 0 radical (unpaired) electrons. The van der Waals surface area contributed by atoms with Gasteiger partial charge in [0.15, 0.2) is 0 Å². The van der Waals surface area contributed by atoms with Gasteiger partial charge in [-0.3, -0.25) is 4.99 Å². The van der Waals surface area contributed by atoms with Crippen LogP contribution < -0.4 is 5.73 Å². The van der Waals surface area contributed by atoms with Gasteiger partial charge in [-0.2, -0.15) is 0 Å². The van der Waals surface area contributed by atoms with E-state index < -0.39 is 0 Å². The lowest BCUT2D eigenvalue weighted by Crippen LogP contribution is -2.09. The van der Waals surface area contributed by atoms with E-state index in [0.717, 1.165) is 21.9 Å². The van der Waals surface area contributed by atoms with Gasteiger partial charge >= 0.3 is 0 Å². The second-order valence-corrected chi connectivity index (χ2v) is 4.37. The van der Waals surface area contributed by atoms with E-state index in [1.807, 2.05) is 24.3 Å². The van der Waals surface area contributed by atoms with Gasteiger partial charge in [-0.15, -0.1) is 11.3 Å². The van der Waals surface area contributed by atoms with Crippen molar-refractivity contribution >= 4 is 27.3 Å². The number of fused-ring (bicyclic) bond motifs is 1. The molecule has 3 rings (SSSR count). The maximum Gasteiger partial charge on any atom is 0.144 e. The van der Waals surface area contributed by atoms with E-state index in [9.17, 15) is 0 Å². The van der Waals surface area contributed by atoms with Gasteiger partial charge in [0.05, 0.1) is 22.5 Å². The maximum atomic E-state index is 5.83. The monoisotopic (exact) mass is 215 g/mol. The number of hydrogen-bond acceptors (Lipinski definition) is 4. The summed E-state index contributed by atoms with van der Waals surface area (Å²) in [5, 5.41) is 0.919. The molecule has 1 aliphatic rings. The Morgan fingerprint density at radius 1 is 1.27 bits per heavy atom. The van der Waals surface area contributed by atoms with Crippen molar-refractivity contribution in [2.45, 2.75) is 0 Å². The highest BCUT2D eigenvalue weighted by Gasteiger charge is 2.15. The van der Waals surface area contributed by atoms with Gasteiger partial charge in [-0.05, 0) is 18.2 Å². The van der Waals surface area contributed by atoms with Crippen molar-refractivity contribution in [2.75, 3.05) is 6.54 Å². The van der Waals surface area contributed by atoms with Crippen LogP contribution in [0.5, 0.6) is 0 Å². The summed E-state index contributed by atoms with van der Waals surface area (Å²) in [7, 11) is 0. The predicted molar refractivity (Wildman–Crippen MR) is 63.3 cm³/mol. The van der Waals surface area contributed by atoms with E-state index in [1.54, 1.807) is 11.3 Å². The van der Waals surface area contributed by atoms with Crippen LogP contribution in [0.1, 0.15) is 5.01 Å². The van der Waals surface area contributed by atoms with Gasteiger partial charge in [-0.1, -0.05) is 12.1 Å². The van der Waals surface area contributed by atoms with E-state index >= 15 is 0 Å². The molecule has 0 amide bonds. The fourth-order valence-corrected chi connectivity index (χ4v) is 2.58. The van der Waals surface area contributed by atoms with Gasteiger partial charge in [0, 0.05) is 0 Å². The normalized spacial score (nSPS) is 15.5. The van der Waals surface area contributed by atoms with Crippen LogP contribution in [0, 0.1) is 0 Å². The van der Waals surface area contributed by atoms with Crippen LogP contribution in [0.25, 0.3) is 10.2 Å². The molecule has 2 heterocycles. The molecular weight excluding hydrogens is 206 g/mol. The topological polar surface area (TPSA) is 51.3 Å². The Balaban J connectivity index is 2.17. The Kier molecular flexibility index (Phi) is 1.82. The molecule has 1 aliphatic heterocycles. The molecule has 15 heavy (non-hydrogen) atoms. The third-order valence-electron chi connectivity index (χ3n) is 2.33. The Labute approximate surface area is 91.0 Å². The summed E-state index contributed by atoms with van der Waals surface area (Å²) in [6.07, 6.45) is 1.92. The number of benzene rings is 1. The predicted octanol–water partition coefficient (Wildman–Crippen LogP) is 1.94. The van der Waals surface area contributed by atoms with Gasteiger partial charge < -0.3 is 5.73 Å². The molecule has 0 atom stereocenters. The zero-order valence-corrected chi connectivity index (χ0v) is 8.79. The van der Waals surface area contributed by atoms with E-state index in [-0.39, 0.29) is 0 Å². The molecule has 0 saturated heterocycles. The SMILES string of the molecule is NC1=CCN=C1c1nc2ccccc2s1. The van der Waals surface area contributed by atoms with Gasteiger partial charge in [0.2, 0.25) is 0 Å². The first kappa shape index (κ1) is 8.61. The molecular formula is C11H9N3S. The zero-order chi connectivity index (χ0) is 10.3. The number of para-hydroxylation sites is 1. The second kappa shape index (κ2) is 3.17. The Hall–Kier alpha value is -1.68. The minimum atomic E-state index is 0.678. The lowest BCUT2D eigenvalue weighted by molar-refractivity contribution is 1.28. The standard InChI is InChI=1S/C11H9N3S/c12-7-5-6-13-10(7)11-14-8-3-1-2-4-9(8)15-11/h1-5H,6,12H2. The first-order valence-electron chi connectivity index (χ1n) is 4.71. The summed E-state index contributed by atoms with van der Waals surface area (Å²) in [5.41, 5.74) is 8.43. The number of allylic oxidation sites excluding steroid dienone is 1. The van der Waals surface area contributed by atoms with Gasteiger partial charge in [0.25, 0.3) is 0 Å². The molecule has 0 saturated carbocycles. The van der Waals surface area contributed by atoms with Crippen molar-refractivity contribution in [3.8, 4) is 0 Å². The smallest absolute Gasteiger partial charge is 0.144 e. The van der Waals surface area contributed by atoms with Crippen LogP contribution in [0.3, 0.4) is 0 Å². The Bertz CT molecular complexity index is 547. The summed E-state index contributed by atoms with van der Waals surface area (Å²) >= 11 is 1.64. The number of aromatic nitrogens is 1. The highest BCUT2D eigenvalue weighted by atomic mass is 32.1. The summed E-state index contributed by atoms with van der Waals surface area (Å²) in [4.78, 5) is 8.84. The quantitative estimate of drug-likeness (QED) is 0.790. The number of rotatable bonds is 1. The Morgan fingerprint density at radius 3 is 2.87 bits per heavy atom. The van der Waals surface area contributed by atoms with Crippen molar-refractivity contribution in [1.29, 1.82) is 0 Å². The molecule has 74 valence electrons. The molecule has 2 aromatic rings. The molecule has 3 nitrogen and oxygen atoms in total. The van der Waals surface area contributed by atoms with Crippen LogP contribution >= 0.6 is 11.3 Å². The van der Waals surface area contributed by atoms with Crippen LogP contribution in [0.4, 0.5) is 0 Å². The molecule has 0 bridgehead atoms. The number of hydrogen-bond donors (Lipinski definition) is 1. The summed E-state index contributed by atoms with van der Waals surface area (Å²) in [6, 6.07) is 8.07. The molecule has 1 aromatic carbocycles. The first-order valence-corrected chi connectivity index (χ1v) is 5.52. The fraction of sp³-hybridized carbons (Fsp3) is 0.0909. The third-order valence-corrected chi connectivity index (χ3v) is 3.37. The molecule has 0 spiro atoms. The first-order chi connectivity index (χ1) is 7.34. The number of aliphatic imine (C=N–C) groups is 1. The van der Waals surface area contributed by atoms with E-state index in [2.05, 4.69) is 16.0 Å². The van der Waals surface area contributed by atoms with Crippen LogP contribution in [-0.2, 0) is 0 Å². The van der Waals surface area contributed by atoms with Crippen LogP contribution in [0.15, 0.2) is 41.0 Å². The zero-order valence-electron chi connectivity index (χ0n) is 7.97. The lowest BCUT2D eigenvalue weighted by Gasteiger charge is -1.94. The van der Waals surface area contributed by atoms with E-state index in [4.69, 9.17) is 5.73 Å². The Morgan fingerprint density at radius 2 is 2.13 bits per heavy atom. The van der Waals surface area contributed by atoms with E-state index in [0.29, 0.717) is 6.54 Å². The molecule has 0 aliphatic carbocycles. The molecule has 0 unspecified atom stereocenters. The molecule has 4 heteroatoms. The van der Waals surface area contributed by atoms with Crippen LogP contribution in [-0.4, -0.2) is 17.2 Å². The molecule has 0 fully saturated rings. The number of nitrogens with zero attached hydrogens (tertiary/aromatic N) is 2. The highest BCUT2D eigenvalue weighted by molar-refractivity contribution is 7.20. The minimum Gasteiger partial charge on any atom is -0.397 e. The highest BCUT2D eigenvalue weighted by Crippen LogP contribution is 2.24. The van der Waals surface area contributed by atoms with Gasteiger partial charge in [-0.25, -0.2) is 4.98 Å². The lowest BCUT2D eigenvalue weighted by atomic mass is 10.3. The average molecular weight is 215 g/mol. The largest absolute Gasteiger partial charge is 0.397 e. The molecule has 1 aromatic heterocycles. The second-order valence-electron chi connectivity index (χ2n) is 3.34. The maximum absolute atomic E-state index is 5.83. The number of nitrogens with two attached hydrogens (primary N) is 1. The summed E-state index contributed by atoms with van der Waals surface area (Å²) in [5.74, 6) is 0. The summed E-state index contributed by atoms with van der Waals surface area (Å²) in [6.45, 7) is 0.678. The van der Waals surface area contributed by atoms with Crippen molar-refractivity contribution in [3.63, 3.8) is 0 Å². The average Bonchev–Trinajstić information content (AvgIpc) is 2.82. The third kappa shape index (κ3) is 1.34. The molecule has 2 N–H and O–H groups in total. The van der Waals surface area contributed by atoms with Crippen LogP contribution in [0.2, 0.25) is 0 Å². The van der Waals surface area contributed by atoms with Crippen molar-refractivity contribution in [1.82, 2.24) is 4.98 Å².